The van der Waals surface area contributed by atoms with Gasteiger partial charge in [-0.2, -0.15) is 0 Å². The van der Waals surface area contributed by atoms with Gasteiger partial charge in [-0.1, -0.05) is 13.0 Å². The highest BCUT2D eigenvalue weighted by Crippen LogP contribution is 2.30. The van der Waals surface area contributed by atoms with E-state index in [0.717, 1.165) is 51.3 Å². The van der Waals surface area contributed by atoms with Gasteiger partial charge in [0, 0.05) is 43.3 Å². The molecule has 2 amide bonds. The summed E-state index contributed by atoms with van der Waals surface area (Å²) in [5, 5.41) is 2.90. The van der Waals surface area contributed by atoms with E-state index in [1.165, 1.54) is 0 Å². The van der Waals surface area contributed by atoms with Gasteiger partial charge in [0.1, 0.15) is 0 Å². The van der Waals surface area contributed by atoms with E-state index in [9.17, 15) is 9.59 Å². The van der Waals surface area contributed by atoms with Crippen LogP contribution in [0.5, 0.6) is 0 Å². The molecule has 3 rings (SSSR count). The molecular formula is C17H23N3O2. The van der Waals surface area contributed by atoms with Gasteiger partial charge in [-0.25, -0.2) is 0 Å². The lowest BCUT2D eigenvalue weighted by molar-refractivity contribution is -0.117. The maximum atomic E-state index is 12.6. The molecule has 5 heteroatoms. The fraction of sp³-hybridized carbons (Fsp3) is 0.529. The molecule has 2 aliphatic rings. The molecular weight excluding hydrogens is 278 g/mol. The monoisotopic (exact) mass is 301 g/mol. The van der Waals surface area contributed by atoms with Gasteiger partial charge >= 0.3 is 0 Å². The van der Waals surface area contributed by atoms with Gasteiger partial charge in [0.05, 0.1) is 0 Å². The number of anilines is 1. The van der Waals surface area contributed by atoms with E-state index < -0.39 is 0 Å². The molecule has 1 aliphatic carbocycles. The highest BCUT2D eigenvalue weighted by atomic mass is 16.2. The Morgan fingerprint density at radius 3 is 2.55 bits per heavy atom. The molecule has 5 nitrogen and oxygen atoms in total. The second-order valence-corrected chi connectivity index (χ2v) is 6.07. The number of amides is 2. The van der Waals surface area contributed by atoms with Crippen molar-refractivity contribution in [2.45, 2.75) is 19.8 Å². The molecule has 1 heterocycles. The van der Waals surface area contributed by atoms with Crippen molar-refractivity contribution >= 4 is 17.5 Å². The molecule has 0 aromatic heterocycles. The third-order valence-electron chi connectivity index (χ3n) is 4.43. The zero-order valence-corrected chi connectivity index (χ0v) is 13.0. The van der Waals surface area contributed by atoms with E-state index in [4.69, 9.17) is 0 Å². The summed E-state index contributed by atoms with van der Waals surface area (Å²) in [5.41, 5.74) is 1.37. The van der Waals surface area contributed by atoms with Gasteiger partial charge < -0.3 is 15.1 Å². The van der Waals surface area contributed by atoms with Crippen molar-refractivity contribution in [2.24, 2.45) is 5.92 Å². The van der Waals surface area contributed by atoms with Crippen molar-refractivity contribution < 1.29 is 9.59 Å². The fourth-order valence-corrected chi connectivity index (χ4v) is 2.77. The van der Waals surface area contributed by atoms with E-state index in [2.05, 4.69) is 17.1 Å². The van der Waals surface area contributed by atoms with Crippen molar-refractivity contribution in [3.63, 3.8) is 0 Å². The largest absolute Gasteiger partial charge is 0.336 e. The molecule has 1 saturated heterocycles. The van der Waals surface area contributed by atoms with Crippen molar-refractivity contribution in [1.29, 1.82) is 0 Å². The number of nitrogens with one attached hydrogen (secondary N) is 1. The number of benzene rings is 1. The van der Waals surface area contributed by atoms with E-state index in [0.29, 0.717) is 5.56 Å². The van der Waals surface area contributed by atoms with Gasteiger partial charge in [0.15, 0.2) is 0 Å². The molecule has 1 aromatic carbocycles. The third kappa shape index (κ3) is 3.47. The Bertz CT molecular complexity index is 561. The Morgan fingerprint density at radius 1 is 1.18 bits per heavy atom. The van der Waals surface area contributed by atoms with Crippen LogP contribution in [0.4, 0.5) is 5.69 Å². The number of hydrogen-bond acceptors (Lipinski definition) is 3. The molecule has 1 saturated carbocycles. The molecule has 1 aliphatic heterocycles. The first kappa shape index (κ1) is 15.0. The Balaban J connectivity index is 1.63. The number of piperazine rings is 1. The Hall–Kier alpha value is -1.88. The first-order valence-corrected chi connectivity index (χ1v) is 8.10. The summed E-state index contributed by atoms with van der Waals surface area (Å²) in [7, 11) is 0. The lowest BCUT2D eigenvalue weighted by atomic mass is 10.1. The van der Waals surface area contributed by atoms with Gasteiger partial charge in [-0.15, -0.1) is 0 Å². The average molecular weight is 301 g/mol. The first-order valence-electron chi connectivity index (χ1n) is 8.10. The number of rotatable bonds is 4. The van der Waals surface area contributed by atoms with Crippen LogP contribution >= 0.6 is 0 Å². The molecule has 0 atom stereocenters. The minimum Gasteiger partial charge on any atom is -0.336 e. The van der Waals surface area contributed by atoms with Gasteiger partial charge in [0.2, 0.25) is 5.91 Å². The normalized spacial score (nSPS) is 19.0. The SMILES string of the molecule is CCN1CCN(C(=O)c2cccc(NC(=O)C3CC3)c2)CC1. The van der Waals surface area contributed by atoms with Crippen LogP contribution in [-0.2, 0) is 4.79 Å². The van der Waals surface area contributed by atoms with E-state index in [1.54, 1.807) is 6.07 Å². The van der Waals surface area contributed by atoms with Crippen LogP contribution < -0.4 is 5.32 Å². The lowest BCUT2D eigenvalue weighted by Gasteiger charge is -2.34. The first-order chi connectivity index (χ1) is 10.7. The van der Waals surface area contributed by atoms with Crippen LogP contribution in [0.25, 0.3) is 0 Å². The van der Waals surface area contributed by atoms with Crippen molar-refractivity contribution in [2.75, 3.05) is 38.0 Å². The smallest absolute Gasteiger partial charge is 0.254 e. The highest BCUT2D eigenvalue weighted by Gasteiger charge is 2.29. The molecule has 1 N–H and O–H groups in total. The summed E-state index contributed by atoms with van der Waals surface area (Å²) in [4.78, 5) is 28.6. The quantitative estimate of drug-likeness (QED) is 0.923. The number of likely N-dealkylation sites (N-methyl/N-ethyl adjacent to an activating group) is 1. The van der Waals surface area contributed by atoms with Crippen LogP contribution in [0.3, 0.4) is 0 Å². The molecule has 22 heavy (non-hydrogen) atoms. The lowest BCUT2D eigenvalue weighted by Crippen LogP contribution is -2.48. The second kappa shape index (κ2) is 6.48. The summed E-state index contributed by atoms with van der Waals surface area (Å²) in [6.45, 7) is 6.57. The number of hydrogen-bond donors (Lipinski definition) is 1. The molecule has 118 valence electrons. The second-order valence-electron chi connectivity index (χ2n) is 6.07. The molecule has 0 unspecified atom stereocenters. The molecule has 2 fully saturated rings. The summed E-state index contributed by atoms with van der Waals surface area (Å²) < 4.78 is 0. The van der Waals surface area contributed by atoms with Crippen LogP contribution in [0, 0.1) is 5.92 Å². The Morgan fingerprint density at radius 2 is 1.91 bits per heavy atom. The van der Waals surface area contributed by atoms with Crippen molar-refractivity contribution in [1.82, 2.24) is 9.80 Å². The van der Waals surface area contributed by atoms with Crippen LogP contribution in [0.2, 0.25) is 0 Å². The summed E-state index contributed by atoms with van der Waals surface area (Å²) in [6.07, 6.45) is 1.96. The van der Waals surface area contributed by atoms with Crippen molar-refractivity contribution in [3.05, 3.63) is 29.8 Å². The zero-order valence-electron chi connectivity index (χ0n) is 13.0. The number of carbonyl (C=O) groups excluding carboxylic acids is 2. The van der Waals surface area contributed by atoms with Crippen LogP contribution in [0.15, 0.2) is 24.3 Å². The Labute approximate surface area is 131 Å². The third-order valence-corrected chi connectivity index (χ3v) is 4.43. The topological polar surface area (TPSA) is 52.6 Å². The summed E-state index contributed by atoms with van der Waals surface area (Å²) >= 11 is 0. The maximum Gasteiger partial charge on any atom is 0.254 e. The van der Waals surface area contributed by atoms with E-state index in [-0.39, 0.29) is 17.7 Å². The molecule has 0 radical (unpaired) electrons. The predicted octanol–water partition coefficient (Wildman–Crippen LogP) is 1.81. The highest BCUT2D eigenvalue weighted by molar-refractivity contribution is 5.98. The minimum atomic E-state index is 0.0540. The Kier molecular flexibility index (Phi) is 4.43. The maximum absolute atomic E-state index is 12.6. The standard InChI is InChI=1S/C17H23N3O2/c1-2-19-8-10-20(11-9-19)17(22)14-4-3-5-15(12-14)18-16(21)13-6-7-13/h3-5,12-13H,2,6-11H2,1H3,(H,18,21). The fourth-order valence-electron chi connectivity index (χ4n) is 2.77. The van der Waals surface area contributed by atoms with Gasteiger partial charge in [-0.05, 0) is 37.6 Å². The average Bonchev–Trinajstić information content (AvgIpc) is 3.39. The van der Waals surface area contributed by atoms with Crippen molar-refractivity contribution in [3.8, 4) is 0 Å². The molecule has 0 spiro atoms. The zero-order chi connectivity index (χ0) is 15.5. The predicted molar refractivity (Wildman–Crippen MR) is 85.8 cm³/mol. The number of nitrogens with zero attached hydrogens (tertiary/aromatic N) is 2. The number of carbonyl (C=O) groups is 2. The summed E-state index contributed by atoms with van der Waals surface area (Å²) in [6, 6.07) is 7.28. The van der Waals surface area contributed by atoms with Gasteiger partial charge in [0.25, 0.3) is 5.91 Å². The van der Waals surface area contributed by atoms with Crippen LogP contribution in [-0.4, -0.2) is 54.3 Å². The molecule has 1 aromatic rings. The summed E-state index contributed by atoms with van der Waals surface area (Å²) in [5.74, 6) is 0.293. The van der Waals surface area contributed by atoms with Crippen LogP contribution in [0.1, 0.15) is 30.1 Å². The van der Waals surface area contributed by atoms with E-state index >= 15 is 0 Å². The van der Waals surface area contributed by atoms with Gasteiger partial charge in [-0.3, -0.25) is 9.59 Å². The molecule has 0 bridgehead atoms. The van der Waals surface area contributed by atoms with E-state index in [1.807, 2.05) is 23.1 Å². The minimum absolute atomic E-state index is 0.0540.